The summed E-state index contributed by atoms with van der Waals surface area (Å²) in [6.07, 6.45) is 1.55. The van der Waals surface area contributed by atoms with Crippen LogP contribution >= 0.6 is 0 Å². The lowest BCUT2D eigenvalue weighted by Crippen LogP contribution is -2.18. The van der Waals surface area contributed by atoms with E-state index in [1.54, 1.807) is 0 Å². The first kappa shape index (κ1) is 14.3. The topological polar surface area (TPSA) is 97.7 Å². The molecular weight excluding hydrogens is 216 g/mol. The van der Waals surface area contributed by atoms with Crippen LogP contribution in [0.25, 0.3) is 0 Å². The molecule has 0 rings (SSSR count). The Bertz CT molecular complexity index is 294. The fourth-order valence-corrected chi connectivity index (χ4v) is 0.949. The summed E-state index contributed by atoms with van der Waals surface area (Å²) >= 11 is 0. The summed E-state index contributed by atoms with van der Waals surface area (Å²) in [6.45, 7) is 1.02. The van der Waals surface area contributed by atoms with Crippen molar-refractivity contribution in [2.45, 2.75) is 39.0 Å². The fourth-order valence-electron chi connectivity index (χ4n) is 0.949. The summed E-state index contributed by atoms with van der Waals surface area (Å²) in [7, 11) is 0. The monoisotopic (exact) mass is 230 g/mol. The average molecular weight is 230 g/mol. The zero-order valence-corrected chi connectivity index (χ0v) is 9.02. The highest BCUT2D eigenvalue weighted by molar-refractivity contribution is 6.34. The van der Waals surface area contributed by atoms with Gasteiger partial charge in [0.2, 0.25) is 5.78 Å². The van der Waals surface area contributed by atoms with Crippen molar-refractivity contribution < 1.29 is 29.0 Å². The number of rotatable bonds is 7. The molecule has 0 spiro atoms. The molecule has 0 aromatic rings. The Kier molecular flexibility index (Phi) is 6.74. The van der Waals surface area contributed by atoms with Gasteiger partial charge in [0.25, 0.3) is 0 Å². The molecular formula is C10H14O6. The van der Waals surface area contributed by atoms with E-state index in [2.05, 4.69) is 4.74 Å². The Morgan fingerprint density at radius 3 is 2.06 bits per heavy atom. The average Bonchev–Trinajstić information content (AvgIpc) is 2.16. The van der Waals surface area contributed by atoms with Crippen LogP contribution < -0.4 is 0 Å². The van der Waals surface area contributed by atoms with Crippen molar-refractivity contribution in [3.05, 3.63) is 0 Å². The number of aliphatic carboxylic acids is 1. The molecule has 6 nitrogen and oxygen atoms in total. The number of carboxylic acids is 1. The van der Waals surface area contributed by atoms with Gasteiger partial charge in [0.15, 0.2) is 0 Å². The van der Waals surface area contributed by atoms with Crippen molar-refractivity contribution in [3.63, 3.8) is 0 Å². The van der Waals surface area contributed by atoms with Crippen LogP contribution in [-0.4, -0.2) is 28.8 Å². The lowest BCUT2D eigenvalue weighted by Gasteiger charge is -2.00. The number of ether oxygens (including phenoxy) is 1. The lowest BCUT2D eigenvalue weighted by molar-refractivity contribution is -0.163. The van der Waals surface area contributed by atoms with Crippen LogP contribution in [0.4, 0.5) is 0 Å². The fraction of sp³-hybridized carbons (Fsp3) is 0.600. The molecule has 16 heavy (non-hydrogen) atoms. The SMILES string of the molecule is CC(=O)C(=O)OC(=O)CCCCCC(=O)O. The van der Waals surface area contributed by atoms with E-state index in [1.807, 2.05) is 0 Å². The molecule has 90 valence electrons. The molecule has 0 saturated heterocycles. The number of hydrogen-bond donors (Lipinski definition) is 1. The summed E-state index contributed by atoms with van der Waals surface area (Å²) < 4.78 is 4.20. The minimum absolute atomic E-state index is 0.0125. The number of carbonyl (C=O) groups excluding carboxylic acids is 3. The van der Waals surface area contributed by atoms with Gasteiger partial charge >= 0.3 is 17.9 Å². The van der Waals surface area contributed by atoms with Gasteiger partial charge in [-0.3, -0.25) is 14.4 Å². The largest absolute Gasteiger partial charge is 0.481 e. The number of unbranched alkanes of at least 4 members (excludes halogenated alkanes) is 2. The predicted octanol–water partition coefficient (Wildman–Crippen LogP) is 0.680. The highest BCUT2D eigenvalue weighted by atomic mass is 16.6. The van der Waals surface area contributed by atoms with Gasteiger partial charge in [0.05, 0.1) is 0 Å². The molecule has 0 unspecified atom stereocenters. The zero-order chi connectivity index (χ0) is 12.6. The lowest BCUT2D eigenvalue weighted by atomic mass is 10.1. The Labute approximate surface area is 92.6 Å². The molecule has 0 amide bonds. The van der Waals surface area contributed by atoms with E-state index in [4.69, 9.17) is 5.11 Å². The van der Waals surface area contributed by atoms with Gasteiger partial charge in [-0.2, -0.15) is 0 Å². The van der Waals surface area contributed by atoms with Crippen LogP contribution in [0.5, 0.6) is 0 Å². The minimum Gasteiger partial charge on any atom is -0.481 e. The van der Waals surface area contributed by atoms with E-state index in [-0.39, 0.29) is 12.8 Å². The van der Waals surface area contributed by atoms with Crippen molar-refractivity contribution in [2.24, 2.45) is 0 Å². The minimum atomic E-state index is -1.16. The molecule has 0 bridgehead atoms. The molecule has 0 aromatic heterocycles. The first-order valence-corrected chi connectivity index (χ1v) is 4.91. The molecule has 0 fully saturated rings. The van der Waals surface area contributed by atoms with Crippen LogP contribution in [0.3, 0.4) is 0 Å². The van der Waals surface area contributed by atoms with Crippen LogP contribution in [0.2, 0.25) is 0 Å². The Balaban J connectivity index is 3.55. The maximum Gasteiger partial charge on any atom is 0.381 e. The normalized spacial score (nSPS) is 9.56. The number of carbonyl (C=O) groups is 4. The Morgan fingerprint density at radius 2 is 1.56 bits per heavy atom. The van der Waals surface area contributed by atoms with Gasteiger partial charge in [-0.1, -0.05) is 6.42 Å². The van der Waals surface area contributed by atoms with Crippen LogP contribution in [0.1, 0.15) is 39.0 Å². The van der Waals surface area contributed by atoms with Gasteiger partial charge in [-0.25, -0.2) is 4.79 Å². The maximum atomic E-state index is 10.9. The second kappa shape index (κ2) is 7.56. The number of esters is 2. The van der Waals surface area contributed by atoms with E-state index in [0.717, 1.165) is 6.92 Å². The van der Waals surface area contributed by atoms with Crippen molar-refractivity contribution in [1.82, 2.24) is 0 Å². The van der Waals surface area contributed by atoms with Crippen molar-refractivity contribution in [1.29, 1.82) is 0 Å². The molecule has 0 atom stereocenters. The highest BCUT2D eigenvalue weighted by Crippen LogP contribution is 2.04. The summed E-state index contributed by atoms with van der Waals surface area (Å²) in [6, 6.07) is 0. The molecule has 0 saturated carbocycles. The van der Waals surface area contributed by atoms with E-state index in [9.17, 15) is 19.2 Å². The van der Waals surface area contributed by atoms with Crippen LogP contribution in [0.15, 0.2) is 0 Å². The van der Waals surface area contributed by atoms with Gasteiger partial charge < -0.3 is 9.84 Å². The van der Waals surface area contributed by atoms with E-state index < -0.39 is 23.7 Å². The van der Waals surface area contributed by atoms with Crippen molar-refractivity contribution in [3.8, 4) is 0 Å². The summed E-state index contributed by atoms with van der Waals surface area (Å²) in [5, 5.41) is 8.33. The second-order valence-electron chi connectivity index (χ2n) is 3.27. The van der Waals surface area contributed by atoms with Crippen LogP contribution in [-0.2, 0) is 23.9 Å². The van der Waals surface area contributed by atoms with Gasteiger partial charge in [-0.15, -0.1) is 0 Å². The number of ketones is 1. The summed E-state index contributed by atoms with van der Waals surface area (Å²) in [5.41, 5.74) is 0. The quantitative estimate of drug-likeness (QED) is 0.299. The highest BCUT2D eigenvalue weighted by Gasteiger charge is 2.14. The van der Waals surface area contributed by atoms with Crippen molar-refractivity contribution >= 4 is 23.7 Å². The van der Waals surface area contributed by atoms with Gasteiger partial charge in [0.1, 0.15) is 0 Å². The first-order valence-electron chi connectivity index (χ1n) is 4.91. The first-order chi connectivity index (χ1) is 7.43. The van der Waals surface area contributed by atoms with Gasteiger partial charge in [-0.05, 0) is 12.8 Å². The maximum absolute atomic E-state index is 10.9. The zero-order valence-electron chi connectivity index (χ0n) is 9.02. The molecule has 0 heterocycles. The summed E-state index contributed by atoms with van der Waals surface area (Å²) in [5.74, 6) is -3.61. The molecule has 0 aliphatic rings. The molecule has 0 aliphatic carbocycles. The Hall–Kier alpha value is -1.72. The standard InChI is InChI=1S/C10H14O6/c1-7(11)10(15)16-9(14)6-4-2-3-5-8(12)13/h2-6H2,1H3,(H,12,13). The Morgan fingerprint density at radius 1 is 1.00 bits per heavy atom. The number of hydrogen-bond acceptors (Lipinski definition) is 5. The number of carboxylic acid groups (broad SMARTS) is 1. The molecule has 0 aromatic carbocycles. The smallest absolute Gasteiger partial charge is 0.381 e. The second-order valence-corrected chi connectivity index (χ2v) is 3.27. The van der Waals surface area contributed by atoms with Gasteiger partial charge in [0, 0.05) is 19.8 Å². The third kappa shape index (κ3) is 7.66. The third-order valence-electron chi connectivity index (χ3n) is 1.77. The molecule has 1 N–H and O–H groups in total. The number of Topliss-reactive ketones (excluding diaryl/α,β-unsaturated/α-hetero) is 1. The van der Waals surface area contributed by atoms with Crippen LogP contribution in [0, 0.1) is 0 Å². The molecule has 0 aliphatic heterocycles. The molecule has 6 heteroatoms. The molecule has 0 radical (unpaired) electrons. The predicted molar refractivity (Wildman–Crippen MR) is 52.5 cm³/mol. The van der Waals surface area contributed by atoms with Crippen molar-refractivity contribution in [2.75, 3.05) is 0 Å². The van der Waals surface area contributed by atoms with E-state index in [1.165, 1.54) is 0 Å². The van der Waals surface area contributed by atoms with E-state index in [0.29, 0.717) is 19.3 Å². The third-order valence-corrected chi connectivity index (χ3v) is 1.77. The summed E-state index contributed by atoms with van der Waals surface area (Å²) in [4.78, 5) is 42.2. The van der Waals surface area contributed by atoms with E-state index >= 15 is 0 Å².